The highest BCUT2D eigenvalue weighted by Crippen LogP contribution is 2.23. The van der Waals surface area contributed by atoms with Crippen LogP contribution in [0.15, 0.2) is 24.3 Å². The molecular formula is C28H33F4N5O6. The van der Waals surface area contributed by atoms with Crippen molar-refractivity contribution in [1.29, 1.82) is 0 Å². The molecule has 1 aliphatic heterocycles. The van der Waals surface area contributed by atoms with E-state index >= 15 is 0 Å². The lowest BCUT2D eigenvalue weighted by atomic mass is 9.90. The lowest BCUT2D eigenvalue weighted by Gasteiger charge is -2.38. The minimum Gasteiger partial charge on any atom is -0.507 e. The molecule has 1 fully saturated rings. The van der Waals surface area contributed by atoms with Crippen LogP contribution >= 0.6 is 0 Å². The molecule has 0 aliphatic carbocycles. The van der Waals surface area contributed by atoms with Crippen molar-refractivity contribution >= 4 is 23.6 Å². The molecule has 4 amide bonds. The van der Waals surface area contributed by atoms with E-state index < -0.39 is 107 Å². The lowest BCUT2D eigenvalue weighted by Crippen LogP contribution is -2.64. The van der Waals surface area contributed by atoms with Gasteiger partial charge in [-0.2, -0.15) is 18.2 Å². The summed E-state index contributed by atoms with van der Waals surface area (Å²) in [6, 6.07) is -0.189. The van der Waals surface area contributed by atoms with Crippen molar-refractivity contribution < 1.29 is 47.0 Å². The Balaban J connectivity index is 2.11. The standard InChI is InChI=1S/C28H33F4N5O6/c1-11(2)21-27(42)33-13(4)20(35-25(40)14-8-6-7-9-17(14)38)26(41)34-16(22(39)12(3)28(43)37(21)5)10-15-18(29)19(30)24(32)36-23(15)31/h6-9,11-13,16,20-22,38-39H,10H2,1-5H3,(H,33,42)(H,34,41)(H,35,40)/t12-,13-,16+,20+,21?,22+/m1/s1. The van der Waals surface area contributed by atoms with Crippen LogP contribution < -0.4 is 16.0 Å². The molecule has 0 radical (unpaired) electrons. The normalized spacial score (nSPS) is 25.5. The molecule has 6 atom stereocenters. The molecule has 5 N–H and O–H groups in total. The number of hydrogen-bond acceptors (Lipinski definition) is 7. The summed E-state index contributed by atoms with van der Waals surface area (Å²) in [6.07, 6.45) is -2.86. The lowest BCUT2D eigenvalue weighted by molar-refractivity contribution is -0.147. The number of carbonyl (C=O) groups excluding carboxylic acids is 4. The Bertz CT molecular complexity index is 1410. The highest BCUT2D eigenvalue weighted by Gasteiger charge is 2.41. The van der Waals surface area contributed by atoms with Crippen molar-refractivity contribution in [2.24, 2.45) is 11.8 Å². The number of hydrogen-bond donors (Lipinski definition) is 5. The second-order valence-corrected chi connectivity index (χ2v) is 10.8. The number of para-hydroxylation sites is 1. The van der Waals surface area contributed by atoms with Gasteiger partial charge in [-0.25, -0.2) is 4.39 Å². The van der Waals surface area contributed by atoms with E-state index in [1.165, 1.54) is 45.2 Å². The Morgan fingerprint density at radius 1 is 1.02 bits per heavy atom. The molecule has 1 saturated heterocycles. The van der Waals surface area contributed by atoms with Crippen LogP contribution in [0.25, 0.3) is 0 Å². The van der Waals surface area contributed by atoms with E-state index in [9.17, 15) is 47.0 Å². The molecule has 15 heteroatoms. The van der Waals surface area contributed by atoms with E-state index in [0.29, 0.717) is 0 Å². The van der Waals surface area contributed by atoms with Crippen LogP contribution in [0, 0.1) is 35.4 Å². The van der Waals surface area contributed by atoms with Crippen molar-refractivity contribution in [1.82, 2.24) is 25.8 Å². The minimum atomic E-state index is -2.09. The summed E-state index contributed by atoms with van der Waals surface area (Å²) in [6.45, 7) is 5.92. The molecule has 43 heavy (non-hydrogen) atoms. The molecule has 0 saturated carbocycles. The van der Waals surface area contributed by atoms with Gasteiger partial charge in [0.1, 0.15) is 17.8 Å². The highest BCUT2D eigenvalue weighted by molar-refractivity contribution is 6.00. The summed E-state index contributed by atoms with van der Waals surface area (Å²) in [5.74, 6) is -13.5. The van der Waals surface area contributed by atoms with Crippen LogP contribution in [0.3, 0.4) is 0 Å². The van der Waals surface area contributed by atoms with Gasteiger partial charge in [0.05, 0.1) is 29.7 Å². The molecule has 234 valence electrons. The third-order valence-electron chi connectivity index (χ3n) is 7.40. The van der Waals surface area contributed by atoms with Crippen LogP contribution in [0.1, 0.15) is 43.6 Å². The number of nitrogens with zero attached hydrogens (tertiary/aromatic N) is 2. The summed E-state index contributed by atoms with van der Waals surface area (Å²) in [7, 11) is 1.32. The fourth-order valence-corrected chi connectivity index (χ4v) is 5.01. The first-order valence-electron chi connectivity index (χ1n) is 13.4. The number of aliphatic hydroxyl groups is 1. The van der Waals surface area contributed by atoms with Crippen LogP contribution in [0.5, 0.6) is 5.75 Å². The molecule has 0 bridgehead atoms. The van der Waals surface area contributed by atoms with Gasteiger partial charge in [0, 0.05) is 19.0 Å². The largest absolute Gasteiger partial charge is 0.507 e. The Morgan fingerprint density at radius 3 is 2.26 bits per heavy atom. The third kappa shape index (κ3) is 7.04. The first-order chi connectivity index (χ1) is 20.1. The fraction of sp³-hybridized carbons (Fsp3) is 0.464. The van der Waals surface area contributed by atoms with Gasteiger partial charge in [-0.05, 0) is 25.0 Å². The van der Waals surface area contributed by atoms with Crippen LogP contribution in [0.4, 0.5) is 17.6 Å². The summed E-state index contributed by atoms with van der Waals surface area (Å²) in [4.78, 5) is 57.1. The topological polar surface area (TPSA) is 161 Å². The maximum atomic E-state index is 14.6. The summed E-state index contributed by atoms with van der Waals surface area (Å²) in [5.41, 5.74) is -1.33. The van der Waals surface area contributed by atoms with E-state index in [1.807, 2.05) is 0 Å². The van der Waals surface area contributed by atoms with Crippen LogP contribution in [-0.4, -0.2) is 81.0 Å². The predicted octanol–water partition coefficient (Wildman–Crippen LogP) is 1.17. The minimum absolute atomic E-state index is 0.215. The maximum absolute atomic E-state index is 14.6. The smallest absolute Gasteiger partial charge is 0.255 e. The molecule has 1 aliphatic rings. The van der Waals surface area contributed by atoms with Crippen molar-refractivity contribution in [2.45, 2.75) is 64.4 Å². The third-order valence-corrected chi connectivity index (χ3v) is 7.40. The molecule has 1 aromatic carbocycles. The highest BCUT2D eigenvalue weighted by atomic mass is 19.2. The first-order valence-corrected chi connectivity index (χ1v) is 13.4. The van der Waals surface area contributed by atoms with Gasteiger partial charge in [-0.3, -0.25) is 19.2 Å². The van der Waals surface area contributed by atoms with E-state index in [0.717, 1.165) is 4.90 Å². The number of aliphatic hydroxyl groups excluding tert-OH is 1. The van der Waals surface area contributed by atoms with E-state index in [2.05, 4.69) is 20.9 Å². The predicted molar refractivity (Wildman–Crippen MR) is 143 cm³/mol. The Morgan fingerprint density at radius 2 is 1.65 bits per heavy atom. The molecule has 11 nitrogen and oxygen atoms in total. The van der Waals surface area contributed by atoms with Gasteiger partial charge in [0.2, 0.25) is 29.5 Å². The number of phenolic OH excluding ortho intramolecular Hbond substituents is 1. The number of aromatic hydroxyl groups is 1. The van der Waals surface area contributed by atoms with Crippen molar-refractivity contribution in [3.63, 3.8) is 0 Å². The number of pyridine rings is 1. The van der Waals surface area contributed by atoms with Gasteiger partial charge in [0.15, 0.2) is 5.82 Å². The molecule has 2 heterocycles. The Hall–Kier alpha value is -4.27. The zero-order valence-corrected chi connectivity index (χ0v) is 24.0. The summed E-state index contributed by atoms with van der Waals surface area (Å²) < 4.78 is 56.6. The average molecular weight is 612 g/mol. The van der Waals surface area contributed by atoms with Crippen LogP contribution in [-0.2, 0) is 20.8 Å². The number of aromatic nitrogens is 1. The average Bonchev–Trinajstić information content (AvgIpc) is 2.94. The SMILES string of the molecule is CC(C)C1C(=O)N[C@H](C)[C@H](NC(=O)c2ccccc2O)C(=O)N[C@@H](Cc2c(F)nc(F)c(F)c2F)[C@@H](O)[C@@H](C)C(=O)N1C. The van der Waals surface area contributed by atoms with E-state index in [4.69, 9.17) is 0 Å². The molecular weight excluding hydrogens is 578 g/mol. The maximum Gasteiger partial charge on any atom is 0.255 e. The van der Waals surface area contributed by atoms with E-state index in [-0.39, 0.29) is 5.56 Å². The van der Waals surface area contributed by atoms with Gasteiger partial charge >= 0.3 is 0 Å². The molecule has 1 unspecified atom stereocenters. The quantitative estimate of drug-likeness (QED) is 0.251. The van der Waals surface area contributed by atoms with Gasteiger partial charge in [0.25, 0.3) is 11.9 Å². The van der Waals surface area contributed by atoms with Crippen molar-refractivity contribution in [3.05, 3.63) is 58.9 Å². The number of benzene rings is 1. The second-order valence-electron chi connectivity index (χ2n) is 10.8. The number of nitrogens with one attached hydrogen (secondary N) is 3. The zero-order valence-electron chi connectivity index (χ0n) is 24.0. The number of carbonyl (C=O) groups is 4. The summed E-state index contributed by atoms with van der Waals surface area (Å²) in [5, 5.41) is 28.7. The number of phenols is 1. The number of likely N-dealkylation sites (N-methyl/N-ethyl adjacent to an activating group) is 1. The summed E-state index contributed by atoms with van der Waals surface area (Å²) >= 11 is 0. The Kier molecular flexibility index (Phi) is 10.3. The molecule has 0 spiro atoms. The number of rotatable bonds is 5. The fourth-order valence-electron chi connectivity index (χ4n) is 5.01. The zero-order chi connectivity index (χ0) is 32.3. The molecule has 3 rings (SSSR count). The van der Waals surface area contributed by atoms with Crippen molar-refractivity contribution in [2.75, 3.05) is 7.05 Å². The molecule has 1 aromatic heterocycles. The van der Waals surface area contributed by atoms with E-state index in [1.54, 1.807) is 13.8 Å². The van der Waals surface area contributed by atoms with Crippen LogP contribution in [0.2, 0.25) is 0 Å². The number of amides is 4. The second kappa shape index (κ2) is 13.4. The van der Waals surface area contributed by atoms with Crippen molar-refractivity contribution in [3.8, 4) is 5.75 Å². The van der Waals surface area contributed by atoms with Gasteiger partial charge < -0.3 is 31.1 Å². The monoisotopic (exact) mass is 611 g/mol. The Labute approximate surface area is 244 Å². The molecule has 2 aromatic rings. The van der Waals surface area contributed by atoms with Gasteiger partial charge in [-0.1, -0.05) is 32.9 Å². The first kappa shape index (κ1) is 33.2. The number of halogens is 4. The van der Waals surface area contributed by atoms with Gasteiger partial charge in [-0.15, -0.1) is 0 Å².